The van der Waals surface area contributed by atoms with E-state index in [-0.39, 0.29) is 0 Å². The molecule has 0 rings (SSSR count). The van der Waals surface area contributed by atoms with Crippen molar-refractivity contribution in [2.45, 2.75) is 35.8 Å². The SMILES string of the molecule is C=C[Si](C)(C[Si](C=C)(C[Si](C=C)(C[Si](C=C)(C[Si](C)(C=C)OC)OC)OC)OC)OC. The molecule has 0 amide bonds. The molecule has 0 fully saturated rings. The first-order valence-corrected chi connectivity index (χ1v) is 23.0. The van der Waals surface area contributed by atoms with Gasteiger partial charge in [0.1, 0.15) is 0 Å². The molecule has 178 valence electrons. The van der Waals surface area contributed by atoms with Crippen LogP contribution in [-0.2, 0) is 22.1 Å². The first-order chi connectivity index (χ1) is 14.4. The lowest BCUT2D eigenvalue weighted by atomic mass is 11.3. The van der Waals surface area contributed by atoms with Gasteiger partial charge in [-0.1, -0.05) is 28.5 Å². The Hall–Kier alpha value is -0.416. The van der Waals surface area contributed by atoms with Crippen molar-refractivity contribution in [2.75, 3.05) is 35.5 Å². The molecular formula is C21H44O5Si5. The van der Waals surface area contributed by atoms with Crippen molar-refractivity contribution in [1.82, 2.24) is 0 Å². The van der Waals surface area contributed by atoms with E-state index in [9.17, 15) is 0 Å². The summed E-state index contributed by atoms with van der Waals surface area (Å²) in [4.78, 5) is 0. The van der Waals surface area contributed by atoms with Crippen LogP contribution in [0.15, 0.2) is 61.4 Å². The fourth-order valence-corrected chi connectivity index (χ4v) is 36.5. The van der Waals surface area contributed by atoms with E-state index in [0.29, 0.717) is 0 Å². The largest absolute Gasteiger partial charge is 0.417 e. The summed E-state index contributed by atoms with van der Waals surface area (Å²) in [5.41, 5.74) is 13.3. The highest BCUT2D eigenvalue weighted by atomic mass is 28.5. The van der Waals surface area contributed by atoms with E-state index in [1.165, 1.54) is 0 Å². The smallest absolute Gasteiger partial charge is 0.215 e. The third-order valence-corrected chi connectivity index (χ3v) is 34.9. The summed E-state index contributed by atoms with van der Waals surface area (Å²) >= 11 is 0. The summed E-state index contributed by atoms with van der Waals surface area (Å²) in [5.74, 6) is 0. The van der Waals surface area contributed by atoms with Crippen LogP contribution in [-0.4, -0.2) is 77.1 Å². The maximum absolute atomic E-state index is 6.30. The fraction of sp³-hybridized carbons (Fsp3) is 0.524. The van der Waals surface area contributed by atoms with Crippen LogP contribution < -0.4 is 0 Å². The maximum Gasteiger partial charge on any atom is 0.215 e. The summed E-state index contributed by atoms with van der Waals surface area (Å²) in [6.07, 6.45) is 0. The summed E-state index contributed by atoms with van der Waals surface area (Å²) < 4.78 is 30.5. The summed E-state index contributed by atoms with van der Waals surface area (Å²) in [6, 6.07) is 0. The quantitative estimate of drug-likeness (QED) is 0.240. The highest BCUT2D eigenvalue weighted by molar-refractivity contribution is 7.08. The van der Waals surface area contributed by atoms with Crippen molar-refractivity contribution < 1.29 is 22.1 Å². The van der Waals surface area contributed by atoms with Gasteiger partial charge in [0.2, 0.25) is 41.6 Å². The average molecular weight is 517 g/mol. The Morgan fingerprint density at radius 2 is 0.710 bits per heavy atom. The van der Waals surface area contributed by atoms with E-state index in [1.54, 1.807) is 35.5 Å². The molecule has 0 aliphatic carbocycles. The predicted molar refractivity (Wildman–Crippen MR) is 146 cm³/mol. The Balaban J connectivity index is 6.31. The molecule has 0 radical (unpaired) electrons. The lowest BCUT2D eigenvalue weighted by Crippen LogP contribution is -2.58. The first kappa shape index (κ1) is 30.6. The molecule has 0 N–H and O–H groups in total. The average Bonchev–Trinajstić information content (AvgIpc) is 2.82. The van der Waals surface area contributed by atoms with Gasteiger partial charge in [0.15, 0.2) is 0 Å². The molecule has 0 aliphatic rings. The first-order valence-electron chi connectivity index (χ1n) is 10.4. The van der Waals surface area contributed by atoms with Crippen LogP contribution >= 0.6 is 0 Å². The van der Waals surface area contributed by atoms with Crippen LogP contribution in [0.25, 0.3) is 0 Å². The van der Waals surface area contributed by atoms with Crippen molar-refractivity contribution in [1.29, 1.82) is 0 Å². The summed E-state index contributed by atoms with van der Waals surface area (Å²) in [7, 11) is -2.72. The van der Waals surface area contributed by atoms with Crippen LogP contribution in [0.3, 0.4) is 0 Å². The molecule has 0 bridgehead atoms. The van der Waals surface area contributed by atoms with E-state index in [0.717, 1.165) is 22.7 Å². The highest BCUT2D eigenvalue weighted by Gasteiger charge is 2.53. The van der Waals surface area contributed by atoms with Gasteiger partial charge in [0.05, 0.1) is 0 Å². The minimum Gasteiger partial charge on any atom is -0.417 e. The van der Waals surface area contributed by atoms with E-state index >= 15 is 0 Å². The zero-order chi connectivity index (χ0) is 24.4. The lowest BCUT2D eigenvalue weighted by molar-refractivity contribution is 0.375. The molecule has 0 spiro atoms. The molecule has 0 saturated carbocycles. The van der Waals surface area contributed by atoms with E-state index in [4.69, 9.17) is 22.1 Å². The highest BCUT2D eigenvalue weighted by Crippen LogP contribution is 2.38. The van der Waals surface area contributed by atoms with Crippen LogP contribution in [0.1, 0.15) is 0 Å². The van der Waals surface area contributed by atoms with E-state index in [1.807, 2.05) is 28.5 Å². The minimum absolute atomic E-state index is 0.797. The molecule has 5 nitrogen and oxygen atoms in total. The van der Waals surface area contributed by atoms with Gasteiger partial charge in [0, 0.05) is 35.5 Å². The lowest BCUT2D eigenvalue weighted by Gasteiger charge is -2.42. The molecule has 0 saturated heterocycles. The molecular weight excluding hydrogens is 473 g/mol. The molecule has 31 heavy (non-hydrogen) atoms. The fourth-order valence-electron chi connectivity index (χ4n) is 3.96. The van der Waals surface area contributed by atoms with Gasteiger partial charge < -0.3 is 22.1 Å². The number of hydrogen-bond donors (Lipinski definition) is 0. The van der Waals surface area contributed by atoms with Gasteiger partial charge in [-0.25, -0.2) is 0 Å². The predicted octanol–water partition coefficient (Wildman–Crippen LogP) is 4.99. The van der Waals surface area contributed by atoms with Gasteiger partial charge >= 0.3 is 0 Å². The third-order valence-electron chi connectivity index (χ3n) is 6.63. The minimum atomic E-state index is -2.49. The Morgan fingerprint density at radius 1 is 0.452 bits per heavy atom. The van der Waals surface area contributed by atoms with Crippen molar-refractivity contribution in [3.63, 3.8) is 0 Å². The third kappa shape index (κ3) is 7.84. The second-order valence-electron chi connectivity index (χ2n) is 8.57. The number of hydrogen-bond acceptors (Lipinski definition) is 5. The second-order valence-corrected chi connectivity index (χ2v) is 29.9. The zero-order valence-electron chi connectivity index (χ0n) is 20.8. The monoisotopic (exact) mass is 516 g/mol. The van der Waals surface area contributed by atoms with Gasteiger partial charge in [-0.05, 0) is 35.8 Å². The maximum atomic E-state index is 6.30. The van der Waals surface area contributed by atoms with Gasteiger partial charge in [-0.15, -0.1) is 32.9 Å². The Bertz CT molecular complexity index is 602. The Kier molecular flexibility index (Phi) is 12.6. The van der Waals surface area contributed by atoms with Crippen LogP contribution in [0.5, 0.6) is 0 Å². The second kappa shape index (κ2) is 12.7. The van der Waals surface area contributed by atoms with Crippen molar-refractivity contribution in [2.24, 2.45) is 0 Å². The van der Waals surface area contributed by atoms with Crippen LogP contribution in [0.2, 0.25) is 35.8 Å². The normalized spacial score (nSPS) is 21.3. The van der Waals surface area contributed by atoms with E-state index < -0.39 is 41.6 Å². The number of rotatable bonds is 18. The van der Waals surface area contributed by atoms with Gasteiger partial charge in [0.25, 0.3) is 0 Å². The van der Waals surface area contributed by atoms with Crippen molar-refractivity contribution >= 4 is 41.6 Å². The zero-order valence-corrected chi connectivity index (χ0v) is 25.8. The molecule has 0 aromatic rings. The standard InChI is InChI=1S/C21H44O5Si5/c1-13-27(11,22-6)18-29(15-3,24-8)20-31(17-5,26-10)21-30(16-4,25-9)19-28(12,14-2)23-7/h13-17H,1-5,18-21H2,6-12H3. The van der Waals surface area contributed by atoms with Gasteiger partial charge in [-0.3, -0.25) is 0 Å². The van der Waals surface area contributed by atoms with Crippen molar-refractivity contribution in [3.05, 3.63) is 61.4 Å². The molecule has 10 heteroatoms. The summed E-state index contributed by atoms with van der Waals surface area (Å²) in [5, 5.41) is 0. The molecule has 0 heterocycles. The molecule has 0 aromatic heterocycles. The van der Waals surface area contributed by atoms with Crippen molar-refractivity contribution in [3.8, 4) is 0 Å². The molecule has 0 aromatic carbocycles. The van der Waals surface area contributed by atoms with Crippen LogP contribution in [0, 0.1) is 0 Å². The van der Waals surface area contributed by atoms with Crippen LogP contribution in [0.4, 0.5) is 0 Å². The van der Waals surface area contributed by atoms with Gasteiger partial charge in [-0.2, -0.15) is 0 Å². The molecule has 4 atom stereocenters. The molecule has 4 unspecified atom stereocenters. The topological polar surface area (TPSA) is 46.2 Å². The molecule has 0 aliphatic heterocycles. The Morgan fingerprint density at radius 3 is 0.871 bits per heavy atom. The summed E-state index contributed by atoms with van der Waals surface area (Å²) in [6.45, 7) is 24.9. The Labute approximate surface area is 196 Å². The van der Waals surface area contributed by atoms with E-state index in [2.05, 4.69) is 46.0 Å².